The van der Waals surface area contributed by atoms with Crippen LogP contribution in [-0.4, -0.2) is 7.05 Å². The van der Waals surface area contributed by atoms with Gasteiger partial charge in [0.15, 0.2) is 0 Å². The summed E-state index contributed by atoms with van der Waals surface area (Å²) in [7, 11) is 1.97. The molecule has 2 heteroatoms. The van der Waals surface area contributed by atoms with Gasteiger partial charge in [-0.1, -0.05) is 97.1 Å². The van der Waals surface area contributed by atoms with Gasteiger partial charge in [0.1, 0.15) is 0 Å². The van der Waals surface area contributed by atoms with Crippen LogP contribution >= 0.6 is 11.6 Å². The van der Waals surface area contributed by atoms with E-state index in [1.165, 1.54) is 16.7 Å². The second kappa shape index (κ2) is 10.1. The molecule has 0 radical (unpaired) electrons. The van der Waals surface area contributed by atoms with E-state index in [-0.39, 0.29) is 5.41 Å². The zero-order valence-electron chi connectivity index (χ0n) is 16.9. The summed E-state index contributed by atoms with van der Waals surface area (Å²) in [6, 6.07) is 27.6. The van der Waals surface area contributed by atoms with Gasteiger partial charge in [-0.2, -0.15) is 0 Å². The lowest BCUT2D eigenvalue weighted by atomic mass is 9.68. The van der Waals surface area contributed by atoms with Crippen molar-refractivity contribution >= 4 is 17.3 Å². The molecule has 0 aliphatic heterocycles. The maximum atomic E-state index is 6.49. The first-order valence-electron chi connectivity index (χ1n) is 10.00. The fourth-order valence-corrected chi connectivity index (χ4v) is 4.22. The first-order valence-corrected chi connectivity index (χ1v) is 10.4. The van der Waals surface area contributed by atoms with E-state index in [0.717, 1.165) is 30.0 Å². The molecular weight excluding hydrogens is 374 g/mol. The van der Waals surface area contributed by atoms with Crippen LogP contribution in [-0.2, 0) is 18.3 Å². The molecule has 0 unspecified atom stereocenters. The molecule has 0 bridgehead atoms. The average Bonchev–Trinajstić information content (AvgIpc) is 2.75. The SMILES string of the molecule is C=C/C=C/CC(Cc1ccccc1)(Cc1ccccc1)c1cc(Cl)ccc1NC. The topological polar surface area (TPSA) is 12.0 Å². The van der Waals surface area contributed by atoms with E-state index in [0.29, 0.717) is 0 Å². The molecule has 0 spiro atoms. The highest BCUT2D eigenvalue weighted by Gasteiger charge is 2.34. The molecule has 0 heterocycles. The van der Waals surface area contributed by atoms with Gasteiger partial charge in [-0.25, -0.2) is 0 Å². The van der Waals surface area contributed by atoms with Crippen molar-refractivity contribution in [1.82, 2.24) is 0 Å². The first-order chi connectivity index (χ1) is 14.2. The van der Waals surface area contributed by atoms with E-state index < -0.39 is 0 Å². The van der Waals surface area contributed by atoms with Gasteiger partial charge in [-0.05, 0) is 54.2 Å². The van der Waals surface area contributed by atoms with Gasteiger partial charge in [-0.3, -0.25) is 0 Å². The zero-order chi connectivity index (χ0) is 20.5. The van der Waals surface area contributed by atoms with Gasteiger partial charge in [0.2, 0.25) is 0 Å². The maximum Gasteiger partial charge on any atom is 0.0410 e. The molecule has 0 aliphatic rings. The molecule has 29 heavy (non-hydrogen) atoms. The molecule has 0 amide bonds. The summed E-state index contributed by atoms with van der Waals surface area (Å²) in [6.07, 6.45) is 8.82. The lowest BCUT2D eigenvalue weighted by Crippen LogP contribution is -2.32. The Morgan fingerprint density at radius 1 is 0.897 bits per heavy atom. The zero-order valence-corrected chi connectivity index (χ0v) is 17.7. The molecular formula is C27H28ClN. The third-order valence-corrected chi connectivity index (χ3v) is 5.61. The average molecular weight is 402 g/mol. The van der Waals surface area contributed by atoms with E-state index >= 15 is 0 Å². The molecule has 3 aromatic carbocycles. The highest BCUT2D eigenvalue weighted by atomic mass is 35.5. The van der Waals surface area contributed by atoms with Crippen LogP contribution < -0.4 is 5.32 Å². The molecule has 3 aromatic rings. The lowest BCUT2D eigenvalue weighted by Gasteiger charge is -2.36. The molecule has 0 saturated heterocycles. The Kier molecular flexibility index (Phi) is 7.32. The van der Waals surface area contributed by atoms with Crippen molar-refractivity contribution < 1.29 is 0 Å². The van der Waals surface area contributed by atoms with Crippen molar-refractivity contribution in [3.8, 4) is 0 Å². The van der Waals surface area contributed by atoms with Crippen LogP contribution in [0.1, 0.15) is 23.1 Å². The van der Waals surface area contributed by atoms with Gasteiger partial charge >= 0.3 is 0 Å². The van der Waals surface area contributed by atoms with Crippen molar-refractivity contribution in [2.24, 2.45) is 0 Å². The summed E-state index contributed by atoms with van der Waals surface area (Å²) in [5, 5.41) is 4.15. The smallest absolute Gasteiger partial charge is 0.0410 e. The van der Waals surface area contributed by atoms with E-state index in [4.69, 9.17) is 11.6 Å². The van der Waals surface area contributed by atoms with Crippen molar-refractivity contribution in [3.63, 3.8) is 0 Å². The van der Waals surface area contributed by atoms with Crippen LogP contribution in [0.5, 0.6) is 0 Å². The third-order valence-electron chi connectivity index (χ3n) is 5.37. The summed E-state index contributed by atoms with van der Waals surface area (Å²) < 4.78 is 0. The summed E-state index contributed by atoms with van der Waals surface area (Å²) in [6.45, 7) is 3.85. The molecule has 0 saturated carbocycles. The minimum Gasteiger partial charge on any atom is -0.388 e. The Labute approximate surface area is 179 Å². The molecule has 0 aliphatic carbocycles. The van der Waals surface area contributed by atoms with Gasteiger partial charge in [0.25, 0.3) is 0 Å². The molecule has 1 nitrogen and oxygen atoms in total. The Bertz CT molecular complexity index is 903. The van der Waals surface area contributed by atoms with Crippen molar-refractivity contribution in [3.05, 3.63) is 125 Å². The lowest BCUT2D eigenvalue weighted by molar-refractivity contribution is 0.425. The van der Waals surface area contributed by atoms with E-state index in [9.17, 15) is 0 Å². The van der Waals surface area contributed by atoms with Crippen molar-refractivity contribution in [2.45, 2.75) is 24.7 Å². The van der Waals surface area contributed by atoms with Crippen LogP contribution in [0.3, 0.4) is 0 Å². The van der Waals surface area contributed by atoms with Gasteiger partial charge in [0, 0.05) is 23.2 Å². The summed E-state index contributed by atoms with van der Waals surface area (Å²) >= 11 is 6.49. The summed E-state index contributed by atoms with van der Waals surface area (Å²) in [5.74, 6) is 0. The number of anilines is 1. The van der Waals surface area contributed by atoms with E-state index in [2.05, 4.69) is 90.8 Å². The summed E-state index contributed by atoms with van der Waals surface area (Å²) in [4.78, 5) is 0. The van der Waals surface area contributed by atoms with E-state index in [1.54, 1.807) is 0 Å². The molecule has 3 rings (SSSR count). The Balaban J connectivity index is 2.18. The van der Waals surface area contributed by atoms with E-state index in [1.807, 2.05) is 25.3 Å². The largest absolute Gasteiger partial charge is 0.388 e. The van der Waals surface area contributed by atoms with Gasteiger partial charge in [0.05, 0.1) is 0 Å². The van der Waals surface area contributed by atoms with Crippen molar-refractivity contribution in [2.75, 3.05) is 12.4 Å². The molecule has 1 N–H and O–H groups in total. The molecule has 0 fully saturated rings. The van der Waals surface area contributed by atoms with Crippen LogP contribution in [0.2, 0.25) is 5.02 Å². The first kappa shape index (κ1) is 21.0. The number of halogens is 1. The standard InChI is InChI=1S/C27H28ClN/c1-3-4-11-18-27(20-22-12-7-5-8-13-22,21-23-14-9-6-10-15-23)25-19-24(28)16-17-26(25)29-2/h3-17,19,29H,1,18,20-21H2,2H3/b11-4+. The third kappa shape index (κ3) is 5.40. The van der Waals surface area contributed by atoms with Gasteiger partial charge < -0.3 is 5.32 Å². The summed E-state index contributed by atoms with van der Waals surface area (Å²) in [5.41, 5.74) is 4.85. The van der Waals surface area contributed by atoms with Crippen LogP contribution in [0.15, 0.2) is 104 Å². The Morgan fingerprint density at radius 2 is 1.48 bits per heavy atom. The monoisotopic (exact) mass is 401 g/mol. The predicted molar refractivity (Wildman–Crippen MR) is 127 cm³/mol. The van der Waals surface area contributed by atoms with Crippen LogP contribution in [0.4, 0.5) is 5.69 Å². The van der Waals surface area contributed by atoms with Crippen molar-refractivity contribution in [1.29, 1.82) is 0 Å². The number of nitrogens with one attached hydrogen (secondary N) is 1. The molecule has 0 aromatic heterocycles. The minimum absolute atomic E-state index is 0.147. The van der Waals surface area contributed by atoms with Crippen LogP contribution in [0.25, 0.3) is 0 Å². The number of hydrogen-bond donors (Lipinski definition) is 1. The molecule has 148 valence electrons. The normalized spacial score (nSPS) is 11.5. The Morgan fingerprint density at radius 3 is 2.00 bits per heavy atom. The second-order valence-electron chi connectivity index (χ2n) is 7.41. The Hall–Kier alpha value is -2.77. The minimum atomic E-state index is -0.147. The number of hydrogen-bond acceptors (Lipinski definition) is 1. The van der Waals surface area contributed by atoms with Crippen LogP contribution in [0, 0.1) is 0 Å². The quantitative estimate of drug-likeness (QED) is 0.372. The highest BCUT2D eigenvalue weighted by molar-refractivity contribution is 6.30. The molecule has 0 atom stereocenters. The highest BCUT2D eigenvalue weighted by Crippen LogP contribution is 2.41. The predicted octanol–water partition coefficient (Wildman–Crippen LogP) is 7.24. The second-order valence-corrected chi connectivity index (χ2v) is 7.85. The number of benzene rings is 3. The maximum absolute atomic E-state index is 6.49. The fourth-order valence-electron chi connectivity index (χ4n) is 4.04. The number of allylic oxidation sites excluding steroid dienone is 3. The fraction of sp³-hybridized carbons (Fsp3) is 0.185. The number of rotatable bonds is 9. The van der Waals surface area contributed by atoms with Gasteiger partial charge in [-0.15, -0.1) is 0 Å².